The van der Waals surface area contributed by atoms with E-state index in [4.69, 9.17) is 5.11 Å². The molecule has 4 rings (SSSR count). The molecule has 0 bridgehead atoms. The number of amides is 2. The van der Waals surface area contributed by atoms with Crippen molar-refractivity contribution in [1.29, 1.82) is 0 Å². The lowest BCUT2D eigenvalue weighted by molar-refractivity contribution is -0.137. The summed E-state index contributed by atoms with van der Waals surface area (Å²) in [6.45, 7) is 4.90. The van der Waals surface area contributed by atoms with E-state index < -0.39 is 5.97 Å². The van der Waals surface area contributed by atoms with E-state index in [2.05, 4.69) is 42.0 Å². The molecule has 1 N–H and O–H groups in total. The van der Waals surface area contributed by atoms with Gasteiger partial charge >= 0.3 is 12.0 Å². The van der Waals surface area contributed by atoms with Crippen molar-refractivity contribution in [3.8, 4) is 0 Å². The predicted molar refractivity (Wildman–Crippen MR) is 118 cm³/mol. The van der Waals surface area contributed by atoms with Gasteiger partial charge in [-0.25, -0.2) is 4.79 Å². The molecule has 0 spiro atoms. The Kier molecular flexibility index (Phi) is 6.32. The van der Waals surface area contributed by atoms with Crippen LogP contribution in [0.3, 0.4) is 0 Å². The van der Waals surface area contributed by atoms with Crippen molar-refractivity contribution in [3.05, 3.63) is 29.3 Å². The summed E-state index contributed by atoms with van der Waals surface area (Å²) in [6, 6.07) is 7.55. The van der Waals surface area contributed by atoms with Gasteiger partial charge in [-0.2, -0.15) is 0 Å². The second-order valence-electron chi connectivity index (χ2n) is 9.47. The number of nitrogens with zero attached hydrogens (tertiary/aromatic N) is 3. The van der Waals surface area contributed by atoms with Gasteiger partial charge in [0.2, 0.25) is 0 Å². The number of carboxylic acids is 1. The molecule has 1 aromatic rings. The third-order valence-corrected chi connectivity index (χ3v) is 7.57. The molecule has 1 aliphatic carbocycles. The van der Waals surface area contributed by atoms with Gasteiger partial charge in [0, 0.05) is 43.8 Å². The van der Waals surface area contributed by atoms with E-state index >= 15 is 0 Å². The van der Waals surface area contributed by atoms with Crippen molar-refractivity contribution < 1.29 is 14.7 Å². The molecule has 2 heterocycles. The van der Waals surface area contributed by atoms with Crippen LogP contribution in [0.5, 0.6) is 0 Å². The molecular formula is C24H35N3O3. The molecule has 1 aromatic carbocycles. The highest BCUT2D eigenvalue weighted by Crippen LogP contribution is 2.34. The predicted octanol–water partition coefficient (Wildman–Crippen LogP) is 3.77. The van der Waals surface area contributed by atoms with Crippen LogP contribution in [-0.2, 0) is 17.6 Å². The summed E-state index contributed by atoms with van der Waals surface area (Å²) in [5.41, 5.74) is 3.83. The zero-order valence-electron chi connectivity index (χ0n) is 18.3. The van der Waals surface area contributed by atoms with E-state index in [1.165, 1.54) is 11.1 Å². The van der Waals surface area contributed by atoms with Crippen molar-refractivity contribution >= 4 is 17.7 Å². The van der Waals surface area contributed by atoms with Crippen LogP contribution in [0.2, 0.25) is 0 Å². The highest BCUT2D eigenvalue weighted by atomic mass is 16.4. The highest BCUT2D eigenvalue weighted by molar-refractivity contribution is 5.94. The average Bonchev–Trinajstić information content (AvgIpc) is 3.05. The number of benzene rings is 1. The Morgan fingerprint density at radius 2 is 1.87 bits per heavy atom. The molecule has 2 fully saturated rings. The fraction of sp³-hybridized carbons (Fsp3) is 0.667. The molecule has 164 valence electrons. The van der Waals surface area contributed by atoms with Gasteiger partial charge in [-0.1, -0.05) is 6.07 Å². The van der Waals surface area contributed by atoms with Crippen molar-refractivity contribution in [2.75, 3.05) is 31.6 Å². The van der Waals surface area contributed by atoms with E-state index in [1.807, 2.05) is 4.90 Å². The number of rotatable bonds is 5. The number of fused-ring (bicyclic) bond motifs is 1. The van der Waals surface area contributed by atoms with Gasteiger partial charge in [0.15, 0.2) is 0 Å². The minimum absolute atomic E-state index is 0.141. The lowest BCUT2D eigenvalue weighted by atomic mass is 9.83. The summed E-state index contributed by atoms with van der Waals surface area (Å²) in [5, 5.41) is 8.90. The maximum atomic E-state index is 13.2. The minimum Gasteiger partial charge on any atom is -0.481 e. The fourth-order valence-electron chi connectivity index (χ4n) is 5.41. The van der Waals surface area contributed by atoms with Gasteiger partial charge in [-0.15, -0.1) is 0 Å². The topological polar surface area (TPSA) is 64.1 Å². The second kappa shape index (κ2) is 8.96. The molecule has 6 heteroatoms. The van der Waals surface area contributed by atoms with Crippen LogP contribution in [0.1, 0.15) is 56.6 Å². The summed E-state index contributed by atoms with van der Waals surface area (Å²) in [4.78, 5) is 30.5. The number of hydrogen-bond acceptors (Lipinski definition) is 3. The lowest BCUT2D eigenvalue weighted by Gasteiger charge is -2.34. The van der Waals surface area contributed by atoms with Crippen LogP contribution in [0.25, 0.3) is 0 Å². The van der Waals surface area contributed by atoms with Crippen LogP contribution in [0.4, 0.5) is 10.5 Å². The maximum absolute atomic E-state index is 13.2. The van der Waals surface area contributed by atoms with E-state index in [1.54, 1.807) is 0 Å². The van der Waals surface area contributed by atoms with Crippen molar-refractivity contribution in [2.45, 2.75) is 70.4 Å². The summed E-state index contributed by atoms with van der Waals surface area (Å²) in [7, 11) is 2.19. The average molecular weight is 414 g/mol. The number of carbonyl (C=O) groups excluding carboxylic acids is 1. The van der Waals surface area contributed by atoms with E-state index in [0.29, 0.717) is 18.0 Å². The quantitative estimate of drug-likeness (QED) is 0.798. The molecule has 1 saturated carbocycles. The van der Waals surface area contributed by atoms with Crippen LogP contribution in [-0.4, -0.2) is 65.7 Å². The zero-order chi connectivity index (χ0) is 21.3. The Balaban J connectivity index is 1.38. The van der Waals surface area contributed by atoms with Crippen LogP contribution in [0, 0.1) is 5.92 Å². The molecule has 2 aliphatic heterocycles. The number of carbonyl (C=O) groups is 2. The molecule has 1 unspecified atom stereocenters. The summed E-state index contributed by atoms with van der Waals surface area (Å²) in [6.07, 6.45) is 7.20. The third kappa shape index (κ3) is 4.48. The maximum Gasteiger partial charge on any atom is 0.324 e. The summed E-state index contributed by atoms with van der Waals surface area (Å²) in [5.74, 6) is -0.208. The first-order valence-electron chi connectivity index (χ1n) is 11.5. The van der Waals surface area contributed by atoms with Gasteiger partial charge < -0.3 is 14.9 Å². The summed E-state index contributed by atoms with van der Waals surface area (Å²) >= 11 is 0. The van der Waals surface area contributed by atoms with Gasteiger partial charge in [0.1, 0.15) is 0 Å². The lowest BCUT2D eigenvalue weighted by Crippen LogP contribution is -2.41. The van der Waals surface area contributed by atoms with Gasteiger partial charge in [0.05, 0.1) is 0 Å². The van der Waals surface area contributed by atoms with E-state index in [0.717, 1.165) is 70.3 Å². The SMILES string of the molecule is CC1Cc2cc(N3CCN(C4CCC(CCC(=O)O)CC4)C3=O)ccc2CCN1C. The van der Waals surface area contributed by atoms with Gasteiger partial charge in [-0.3, -0.25) is 9.69 Å². The zero-order valence-corrected chi connectivity index (χ0v) is 18.3. The molecule has 1 saturated heterocycles. The van der Waals surface area contributed by atoms with E-state index in [9.17, 15) is 9.59 Å². The number of aliphatic carboxylic acids is 1. The van der Waals surface area contributed by atoms with E-state index in [-0.39, 0.29) is 12.5 Å². The molecule has 6 nitrogen and oxygen atoms in total. The highest BCUT2D eigenvalue weighted by Gasteiger charge is 2.36. The number of anilines is 1. The van der Waals surface area contributed by atoms with Crippen molar-refractivity contribution in [1.82, 2.24) is 9.80 Å². The number of carboxylic acid groups (broad SMARTS) is 1. The number of hydrogen-bond donors (Lipinski definition) is 1. The fourth-order valence-corrected chi connectivity index (χ4v) is 5.41. The smallest absolute Gasteiger partial charge is 0.324 e. The molecule has 0 radical (unpaired) electrons. The molecule has 3 aliphatic rings. The van der Waals surface area contributed by atoms with Gasteiger partial charge in [0.25, 0.3) is 0 Å². The number of likely N-dealkylation sites (N-methyl/N-ethyl adjacent to an activating group) is 1. The Morgan fingerprint density at radius 3 is 2.60 bits per heavy atom. The number of urea groups is 1. The molecular weight excluding hydrogens is 378 g/mol. The largest absolute Gasteiger partial charge is 0.481 e. The van der Waals surface area contributed by atoms with Crippen molar-refractivity contribution in [3.63, 3.8) is 0 Å². The van der Waals surface area contributed by atoms with Gasteiger partial charge in [-0.05, 0) is 88.1 Å². The Bertz CT molecular complexity index is 788. The molecule has 30 heavy (non-hydrogen) atoms. The standard InChI is InChI=1S/C24H35N3O3/c1-17-15-20-16-22(9-6-19(20)11-12-25(17)2)27-14-13-26(24(27)30)21-7-3-18(4-8-21)5-10-23(28)29/h6,9,16-18,21H,3-5,7-8,10-15H2,1-2H3,(H,28,29). The third-order valence-electron chi connectivity index (χ3n) is 7.57. The summed E-state index contributed by atoms with van der Waals surface area (Å²) < 4.78 is 0. The first kappa shape index (κ1) is 21.2. The first-order chi connectivity index (χ1) is 14.4. The van der Waals surface area contributed by atoms with Crippen LogP contribution in [0.15, 0.2) is 18.2 Å². The Morgan fingerprint density at radius 1 is 1.10 bits per heavy atom. The Hall–Kier alpha value is -2.08. The second-order valence-corrected chi connectivity index (χ2v) is 9.47. The van der Waals surface area contributed by atoms with Crippen molar-refractivity contribution in [2.24, 2.45) is 5.92 Å². The van der Waals surface area contributed by atoms with Crippen LogP contribution < -0.4 is 4.90 Å². The molecule has 2 amide bonds. The van der Waals surface area contributed by atoms with Crippen LogP contribution >= 0.6 is 0 Å². The molecule has 1 atom stereocenters. The normalized spacial score (nSPS) is 27.8. The monoisotopic (exact) mass is 413 g/mol. The Labute approximate surface area is 179 Å². The molecule has 0 aromatic heterocycles. The first-order valence-corrected chi connectivity index (χ1v) is 11.5. The minimum atomic E-state index is -0.704.